The van der Waals surface area contributed by atoms with Crippen LogP contribution in [0.15, 0.2) is 48.5 Å². The van der Waals surface area contributed by atoms with Crippen LogP contribution in [0.1, 0.15) is 76.5 Å². The smallest absolute Gasteiger partial charge is 0.416 e. The van der Waals surface area contributed by atoms with Crippen LogP contribution in [0.5, 0.6) is 11.5 Å². The number of amides is 2. The van der Waals surface area contributed by atoms with Crippen LogP contribution in [-0.2, 0) is 20.6 Å². The minimum atomic E-state index is -4.53. The molecule has 2 saturated heterocycles. The van der Waals surface area contributed by atoms with Crippen molar-refractivity contribution in [2.45, 2.75) is 82.6 Å². The first-order valence-electron chi connectivity index (χ1n) is 14.1. The number of carboxylic acids is 1. The Balaban J connectivity index is 1.53. The number of nitrogens with one attached hydrogen (secondary N) is 1. The number of carbonyl (C=O) groups is 3. The molecule has 2 N–H and O–H groups in total. The Hall–Kier alpha value is -3.40. The molecule has 4 atom stereocenters. The maximum absolute atomic E-state index is 13.9. The van der Waals surface area contributed by atoms with Crippen LogP contribution in [0.4, 0.5) is 13.2 Å². The normalized spacial score (nSPS) is 27.3. The minimum Gasteiger partial charge on any atom is -0.480 e. The number of fused-ring (bicyclic) bond motifs is 1. The summed E-state index contributed by atoms with van der Waals surface area (Å²) in [5.41, 5.74) is -2.81. The number of benzene rings is 2. The second kappa shape index (κ2) is 10.5. The standard InChI is InChI=1S/C31H35F3N2O5/c1-29(2,3)36-26(37)23-24(27(36)38)30(28(39)40,17-18-9-5-4-6-10-18)35-25(23)19-11-7-13-21(15-19)41-22-14-8-12-20(16-22)31(32,33)34/h7-8,11-16,18,23-25,35H,4-6,9-10,17H2,1-3H3,(H,39,40). The van der Waals surface area contributed by atoms with Gasteiger partial charge in [0, 0.05) is 11.6 Å². The molecule has 2 aromatic carbocycles. The fourth-order valence-corrected chi connectivity index (χ4v) is 6.91. The molecule has 2 amide bonds. The van der Waals surface area contributed by atoms with Crippen LogP contribution in [0.3, 0.4) is 0 Å². The van der Waals surface area contributed by atoms with Crippen molar-refractivity contribution < 1.29 is 37.4 Å². The van der Waals surface area contributed by atoms with Crippen molar-refractivity contribution in [1.29, 1.82) is 0 Å². The second-order valence-corrected chi connectivity index (χ2v) is 12.5. The Kier molecular flexibility index (Phi) is 7.42. The molecular formula is C31H35F3N2O5. The lowest BCUT2D eigenvalue weighted by atomic mass is 9.72. The average molecular weight is 573 g/mol. The van der Waals surface area contributed by atoms with Gasteiger partial charge in [-0.05, 0) is 69.0 Å². The van der Waals surface area contributed by atoms with E-state index in [1.54, 1.807) is 45.0 Å². The van der Waals surface area contributed by atoms with E-state index in [2.05, 4.69) is 5.32 Å². The van der Waals surface area contributed by atoms with E-state index in [1.165, 1.54) is 17.0 Å². The minimum absolute atomic E-state index is 0.0163. The summed E-state index contributed by atoms with van der Waals surface area (Å²) in [6.45, 7) is 5.25. The maximum atomic E-state index is 13.9. The first-order valence-corrected chi connectivity index (χ1v) is 14.1. The molecule has 2 heterocycles. The SMILES string of the molecule is CC(C)(C)N1C(=O)C2C(c3cccc(Oc4cccc(C(F)(F)F)c4)c3)NC(CC3CCCCC3)(C(=O)O)C2C1=O. The number of ether oxygens (including phenoxy) is 1. The van der Waals surface area contributed by atoms with E-state index >= 15 is 0 Å². The number of hydrogen-bond donors (Lipinski definition) is 2. The van der Waals surface area contributed by atoms with Gasteiger partial charge in [-0.1, -0.05) is 50.3 Å². The monoisotopic (exact) mass is 572 g/mol. The van der Waals surface area contributed by atoms with E-state index in [0.29, 0.717) is 5.56 Å². The van der Waals surface area contributed by atoms with E-state index in [4.69, 9.17) is 4.74 Å². The van der Waals surface area contributed by atoms with E-state index in [9.17, 15) is 32.7 Å². The number of halogens is 3. The van der Waals surface area contributed by atoms with E-state index in [1.807, 2.05) is 0 Å². The Labute approximate surface area is 237 Å². The molecule has 10 heteroatoms. The van der Waals surface area contributed by atoms with E-state index in [0.717, 1.165) is 44.2 Å². The second-order valence-electron chi connectivity index (χ2n) is 12.5. The molecule has 3 aliphatic rings. The molecule has 220 valence electrons. The molecule has 3 fully saturated rings. The van der Waals surface area contributed by atoms with Crippen molar-refractivity contribution >= 4 is 17.8 Å². The number of nitrogens with zero attached hydrogens (tertiary/aromatic N) is 1. The van der Waals surface area contributed by atoms with Gasteiger partial charge in [-0.15, -0.1) is 0 Å². The summed E-state index contributed by atoms with van der Waals surface area (Å²) in [7, 11) is 0. The number of rotatable bonds is 6. The lowest BCUT2D eigenvalue weighted by molar-refractivity contribution is -0.154. The quantitative estimate of drug-likeness (QED) is 0.393. The first kappa shape index (κ1) is 29.1. The third kappa shape index (κ3) is 5.34. The predicted octanol–water partition coefficient (Wildman–Crippen LogP) is 6.34. The highest BCUT2D eigenvalue weighted by atomic mass is 19.4. The van der Waals surface area contributed by atoms with Crippen molar-refractivity contribution in [3.63, 3.8) is 0 Å². The lowest BCUT2D eigenvalue weighted by Gasteiger charge is -2.37. The van der Waals surface area contributed by atoms with Crippen molar-refractivity contribution in [2.24, 2.45) is 17.8 Å². The summed E-state index contributed by atoms with van der Waals surface area (Å²) in [4.78, 5) is 42.1. The van der Waals surface area contributed by atoms with Gasteiger partial charge >= 0.3 is 12.1 Å². The van der Waals surface area contributed by atoms with Crippen molar-refractivity contribution in [1.82, 2.24) is 10.2 Å². The van der Waals surface area contributed by atoms with Gasteiger partial charge in [0.2, 0.25) is 11.8 Å². The van der Waals surface area contributed by atoms with Gasteiger partial charge in [0.1, 0.15) is 17.0 Å². The molecule has 4 unspecified atom stereocenters. The van der Waals surface area contributed by atoms with Crippen LogP contribution in [0, 0.1) is 17.8 Å². The Morgan fingerprint density at radius 3 is 2.24 bits per heavy atom. The fraction of sp³-hybridized carbons (Fsp3) is 0.516. The van der Waals surface area contributed by atoms with Gasteiger partial charge in [0.15, 0.2) is 0 Å². The first-order chi connectivity index (χ1) is 19.2. The Morgan fingerprint density at radius 2 is 1.63 bits per heavy atom. The summed E-state index contributed by atoms with van der Waals surface area (Å²) in [5, 5.41) is 13.9. The predicted molar refractivity (Wildman–Crippen MR) is 144 cm³/mol. The maximum Gasteiger partial charge on any atom is 0.416 e. The van der Waals surface area contributed by atoms with Gasteiger partial charge in [-0.25, -0.2) is 0 Å². The lowest BCUT2D eigenvalue weighted by Crippen LogP contribution is -2.58. The highest BCUT2D eigenvalue weighted by Crippen LogP contribution is 2.53. The third-order valence-corrected chi connectivity index (χ3v) is 8.66. The number of likely N-dealkylation sites (tertiary alicyclic amines) is 1. The van der Waals surface area contributed by atoms with Crippen LogP contribution < -0.4 is 10.1 Å². The zero-order chi connectivity index (χ0) is 29.7. The molecule has 2 aromatic rings. The Bertz CT molecular complexity index is 1350. The summed E-state index contributed by atoms with van der Waals surface area (Å²) < 4.78 is 45.4. The molecule has 1 aliphatic carbocycles. The number of aliphatic carboxylic acids is 1. The van der Waals surface area contributed by atoms with Gasteiger partial charge in [-0.3, -0.25) is 24.6 Å². The number of alkyl halides is 3. The molecule has 0 bridgehead atoms. The molecule has 0 spiro atoms. The summed E-state index contributed by atoms with van der Waals surface area (Å²) in [5.74, 6) is -3.81. The molecular weight excluding hydrogens is 537 g/mol. The Morgan fingerprint density at radius 1 is 1.00 bits per heavy atom. The van der Waals surface area contributed by atoms with E-state index in [-0.39, 0.29) is 23.8 Å². The van der Waals surface area contributed by atoms with Crippen LogP contribution in [-0.4, -0.2) is 38.9 Å². The highest BCUT2D eigenvalue weighted by Gasteiger charge is 2.69. The number of hydrogen-bond acceptors (Lipinski definition) is 5. The zero-order valence-electron chi connectivity index (χ0n) is 23.3. The van der Waals surface area contributed by atoms with Crippen molar-refractivity contribution in [2.75, 3.05) is 0 Å². The average Bonchev–Trinajstić information content (AvgIpc) is 3.38. The number of imide groups is 1. The zero-order valence-corrected chi connectivity index (χ0v) is 23.3. The van der Waals surface area contributed by atoms with Crippen molar-refractivity contribution in [3.8, 4) is 11.5 Å². The summed E-state index contributed by atoms with van der Waals surface area (Å²) in [6, 6.07) is 10.2. The molecule has 0 radical (unpaired) electrons. The fourth-order valence-electron chi connectivity index (χ4n) is 6.91. The molecule has 7 nitrogen and oxygen atoms in total. The van der Waals surface area contributed by atoms with Gasteiger partial charge < -0.3 is 9.84 Å². The summed E-state index contributed by atoms with van der Waals surface area (Å²) >= 11 is 0. The van der Waals surface area contributed by atoms with Gasteiger partial charge in [0.25, 0.3) is 0 Å². The molecule has 41 heavy (non-hydrogen) atoms. The van der Waals surface area contributed by atoms with Crippen LogP contribution in [0.25, 0.3) is 0 Å². The number of carbonyl (C=O) groups excluding carboxylic acids is 2. The topological polar surface area (TPSA) is 95.9 Å². The molecule has 1 saturated carbocycles. The third-order valence-electron chi connectivity index (χ3n) is 8.66. The van der Waals surface area contributed by atoms with Crippen molar-refractivity contribution in [3.05, 3.63) is 59.7 Å². The van der Waals surface area contributed by atoms with Crippen LogP contribution >= 0.6 is 0 Å². The molecule has 5 rings (SSSR count). The summed E-state index contributed by atoms with van der Waals surface area (Å²) in [6.07, 6.45) is 0.511. The van der Waals surface area contributed by atoms with Crippen LogP contribution in [0.2, 0.25) is 0 Å². The molecule has 0 aromatic heterocycles. The van der Waals surface area contributed by atoms with Gasteiger partial charge in [-0.2, -0.15) is 13.2 Å². The molecule has 2 aliphatic heterocycles. The van der Waals surface area contributed by atoms with Gasteiger partial charge in [0.05, 0.1) is 17.4 Å². The highest BCUT2D eigenvalue weighted by molar-refractivity contribution is 6.10. The number of carboxylic acid groups (broad SMARTS) is 1. The largest absolute Gasteiger partial charge is 0.480 e. The van der Waals surface area contributed by atoms with E-state index < -0.39 is 58.5 Å².